The minimum atomic E-state index is -1.04. The molecule has 2 aromatic heterocycles. The third-order valence-corrected chi connectivity index (χ3v) is 3.82. The first kappa shape index (κ1) is 16.2. The summed E-state index contributed by atoms with van der Waals surface area (Å²) in [6, 6.07) is 8.88. The van der Waals surface area contributed by atoms with Crippen molar-refractivity contribution in [2.24, 2.45) is 0 Å². The van der Waals surface area contributed by atoms with E-state index in [0.717, 1.165) is 31.1 Å². The lowest BCUT2D eigenvalue weighted by Crippen LogP contribution is -2.41. The second-order valence-electron chi connectivity index (χ2n) is 5.72. The zero-order valence-corrected chi connectivity index (χ0v) is 13.5. The van der Waals surface area contributed by atoms with Crippen molar-refractivity contribution < 1.29 is 14.6 Å². The van der Waals surface area contributed by atoms with Crippen molar-refractivity contribution >= 4 is 17.6 Å². The molecule has 1 unspecified atom stereocenters. The maximum atomic E-state index is 10.9. The number of nitrogens with zero attached hydrogens (tertiary/aromatic N) is 3. The van der Waals surface area contributed by atoms with E-state index in [0.29, 0.717) is 12.4 Å². The summed E-state index contributed by atoms with van der Waals surface area (Å²) in [6.45, 7) is 5.00. The number of hydrogen-bond acceptors (Lipinski definition) is 6. The third kappa shape index (κ3) is 3.99. The van der Waals surface area contributed by atoms with Crippen LogP contribution in [0.3, 0.4) is 0 Å². The van der Waals surface area contributed by atoms with Gasteiger partial charge < -0.3 is 20.1 Å². The molecule has 0 spiro atoms. The summed E-state index contributed by atoms with van der Waals surface area (Å²) in [5.41, 5.74) is 1.03. The van der Waals surface area contributed by atoms with Gasteiger partial charge in [-0.15, -0.1) is 0 Å². The van der Waals surface area contributed by atoms with Crippen molar-refractivity contribution in [1.29, 1.82) is 0 Å². The quantitative estimate of drug-likeness (QED) is 0.868. The highest BCUT2D eigenvalue weighted by atomic mass is 16.5. The Morgan fingerprint density at radius 3 is 3.00 bits per heavy atom. The normalized spacial score (nSPS) is 17.5. The fourth-order valence-corrected chi connectivity index (χ4v) is 2.58. The van der Waals surface area contributed by atoms with Crippen LogP contribution in [0, 0.1) is 0 Å². The Bertz CT molecular complexity index is 705. The smallest absolute Gasteiger partial charge is 0.354 e. The number of aromatic nitrogens is 2. The molecule has 7 nitrogen and oxygen atoms in total. The predicted molar refractivity (Wildman–Crippen MR) is 90.4 cm³/mol. The number of morpholine rings is 1. The van der Waals surface area contributed by atoms with E-state index in [2.05, 4.69) is 27.1 Å². The monoisotopic (exact) mass is 328 g/mol. The van der Waals surface area contributed by atoms with Gasteiger partial charge in [-0.1, -0.05) is 12.1 Å². The van der Waals surface area contributed by atoms with Gasteiger partial charge in [0, 0.05) is 25.8 Å². The number of aromatic carboxylic acids is 1. The van der Waals surface area contributed by atoms with Gasteiger partial charge in [-0.25, -0.2) is 14.8 Å². The van der Waals surface area contributed by atoms with Gasteiger partial charge in [-0.3, -0.25) is 0 Å². The van der Waals surface area contributed by atoms with Crippen molar-refractivity contribution in [2.45, 2.75) is 19.6 Å². The summed E-state index contributed by atoms with van der Waals surface area (Å²) < 4.78 is 5.54. The number of pyridine rings is 2. The minimum Gasteiger partial charge on any atom is -0.477 e. The largest absolute Gasteiger partial charge is 0.477 e. The van der Waals surface area contributed by atoms with Crippen LogP contribution in [-0.4, -0.2) is 46.8 Å². The van der Waals surface area contributed by atoms with Crippen molar-refractivity contribution in [3.63, 3.8) is 0 Å². The highest BCUT2D eigenvalue weighted by Gasteiger charge is 2.17. The topological polar surface area (TPSA) is 87.6 Å². The van der Waals surface area contributed by atoms with Crippen LogP contribution in [0.15, 0.2) is 36.5 Å². The fourth-order valence-electron chi connectivity index (χ4n) is 2.58. The zero-order valence-electron chi connectivity index (χ0n) is 13.5. The Labute approximate surface area is 140 Å². The second kappa shape index (κ2) is 7.27. The minimum absolute atomic E-state index is 0.0231. The van der Waals surface area contributed by atoms with Gasteiger partial charge in [0.15, 0.2) is 5.69 Å². The maximum absolute atomic E-state index is 10.9. The van der Waals surface area contributed by atoms with Gasteiger partial charge in [0.25, 0.3) is 0 Å². The Morgan fingerprint density at radius 1 is 1.42 bits per heavy atom. The molecule has 1 saturated heterocycles. The number of carbonyl (C=O) groups is 1. The van der Waals surface area contributed by atoms with Crippen molar-refractivity contribution in [1.82, 2.24) is 9.97 Å². The van der Waals surface area contributed by atoms with Crippen molar-refractivity contribution in [3.05, 3.63) is 47.8 Å². The number of carboxylic acid groups (broad SMARTS) is 1. The fraction of sp³-hybridized carbons (Fsp3) is 0.353. The Kier molecular flexibility index (Phi) is 4.90. The van der Waals surface area contributed by atoms with Gasteiger partial charge in [0.05, 0.1) is 12.7 Å². The summed E-state index contributed by atoms with van der Waals surface area (Å²) in [5, 5.41) is 12.1. The Morgan fingerprint density at radius 2 is 2.29 bits per heavy atom. The molecule has 0 aromatic carbocycles. The molecule has 7 heteroatoms. The third-order valence-electron chi connectivity index (χ3n) is 3.82. The van der Waals surface area contributed by atoms with E-state index in [9.17, 15) is 4.79 Å². The van der Waals surface area contributed by atoms with E-state index in [1.165, 1.54) is 6.07 Å². The summed E-state index contributed by atoms with van der Waals surface area (Å²) >= 11 is 0. The molecule has 3 heterocycles. The van der Waals surface area contributed by atoms with E-state index < -0.39 is 5.97 Å². The summed E-state index contributed by atoms with van der Waals surface area (Å²) in [5.74, 6) is 0.435. The molecular weight excluding hydrogens is 308 g/mol. The predicted octanol–water partition coefficient (Wildman–Crippen LogP) is 2.01. The first-order chi connectivity index (χ1) is 11.6. The second-order valence-corrected chi connectivity index (χ2v) is 5.72. The van der Waals surface area contributed by atoms with Gasteiger partial charge in [-0.2, -0.15) is 0 Å². The van der Waals surface area contributed by atoms with Crippen molar-refractivity contribution in [2.75, 3.05) is 29.9 Å². The summed E-state index contributed by atoms with van der Waals surface area (Å²) in [4.78, 5) is 21.7. The lowest BCUT2D eigenvalue weighted by Gasteiger charge is -2.32. The molecule has 0 bridgehead atoms. The summed E-state index contributed by atoms with van der Waals surface area (Å²) in [6.07, 6.45) is 2.04. The van der Waals surface area contributed by atoms with Crippen LogP contribution in [0.4, 0.5) is 11.6 Å². The van der Waals surface area contributed by atoms with Crippen LogP contribution < -0.4 is 10.2 Å². The van der Waals surface area contributed by atoms with E-state index in [-0.39, 0.29) is 11.8 Å². The molecule has 0 saturated carbocycles. The number of ether oxygens (including phenoxy) is 1. The first-order valence-electron chi connectivity index (χ1n) is 7.87. The molecule has 1 atom stereocenters. The average Bonchev–Trinajstić information content (AvgIpc) is 2.61. The molecule has 0 radical (unpaired) electrons. The van der Waals surface area contributed by atoms with Gasteiger partial charge in [-0.05, 0) is 30.7 Å². The highest BCUT2D eigenvalue weighted by molar-refractivity contribution is 5.85. The van der Waals surface area contributed by atoms with Crippen LogP contribution >= 0.6 is 0 Å². The van der Waals surface area contributed by atoms with Crippen molar-refractivity contribution in [3.8, 4) is 0 Å². The van der Waals surface area contributed by atoms with Crippen LogP contribution in [0.1, 0.15) is 23.0 Å². The number of hydrogen-bond donors (Lipinski definition) is 2. The molecular formula is C17H20N4O3. The van der Waals surface area contributed by atoms with E-state index >= 15 is 0 Å². The average molecular weight is 328 g/mol. The van der Waals surface area contributed by atoms with E-state index in [1.807, 2.05) is 18.3 Å². The van der Waals surface area contributed by atoms with E-state index in [4.69, 9.17) is 9.84 Å². The lowest BCUT2D eigenvalue weighted by atomic mass is 10.2. The molecule has 1 fully saturated rings. The summed E-state index contributed by atoms with van der Waals surface area (Å²) in [7, 11) is 0. The lowest BCUT2D eigenvalue weighted by molar-refractivity contribution is 0.0529. The van der Waals surface area contributed by atoms with Gasteiger partial charge in [0.1, 0.15) is 11.6 Å². The number of nitrogens with one attached hydrogen (secondary N) is 1. The maximum Gasteiger partial charge on any atom is 0.354 e. The van der Waals surface area contributed by atoms with Gasteiger partial charge in [0.2, 0.25) is 0 Å². The highest BCUT2D eigenvalue weighted by Crippen LogP contribution is 2.16. The first-order valence-corrected chi connectivity index (χ1v) is 7.87. The molecule has 1 aliphatic rings. The molecule has 2 aromatic rings. The Hall–Kier alpha value is -2.67. The molecule has 24 heavy (non-hydrogen) atoms. The molecule has 1 aliphatic heterocycles. The molecule has 126 valence electrons. The van der Waals surface area contributed by atoms with Gasteiger partial charge >= 0.3 is 5.97 Å². The number of anilines is 2. The zero-order chi connectivity index (χ0) is 16.9. The Balaban J connectivity index is 1.60. The SMILES string of the molecule is CC1CN(c2ccc(CNc3cccc(C(=O)O)n3)cn2)CCO1. The molecule has 0 amide bonds. The molecule has 2 N–H and O–H groups in total. The number of rotatable bonds is 5. The van der Waals surface area contributed by atoms with Crippen LogP contribution in [-0.2, 0) is 11.3 Å². The van der Waals surface area contributed by atoms with Crippen LogP contribution in [0.25, 0.3) is 0 Å². The molecule has 0 aliphatic carbocycles. The standard InChI is InChI=1S/C17H20N4O3/c1-12-11-21(7-8-24-12)16-6-5-13(10-19-16)9-18-15-4-2-3-14(20-15)17(22)23/h2-6,10,12H,7-9,11H2,1H3,(H,18,20)(H,22,23). The van der Waals surface area contributed by atoms with Crippen LogP contribution in [0.5, 0.6) is 0 Å². The number of carboxylic acids is 1. The molecule has 3 rings (SSSR count). The van der Waals surface area contributed by atoms with E-state index in [1.54, 1.807) is 12.1 Å². The van der Waals surface area contributed by atoms with Crippen LogP contribution in [0.2, 0.25) is 0 Å².